The number of methoxy groups -OCH3 is 2. The molecule has 5 heteroatoms. The van der Waals surface area contributed by atoms with Crippen LogP contribution in [0, 0.1) is 5.92 Å². The van der Waals surface area contributed by atoms with Crippen LogP contribution in [0.4, 0.5) is 0 Å². The molecular formula is C28H36N2O3. The molecule has 2 unspecified atom stereocenters. The fourth-order valence-corrected chi connectivity index (χ4v) is 6.32. The molecule has 3 aliphatic rings. The third kappa shape index (κ3) is 4.29. The Balaban J connectivity index is 1.46. The van der Waals surface area contributed by atoms with Crippen molar-refractivity contribution in [2.75, 3.05) is 33.9 Å². The summed E-state index contributed by atoms with van der Waals surface area (Å²) in [6, 6.07) is 18.2. The van der Waals surface area contributed by atoms with Crippen LogP contribution in [0.1, 0.15) is 54.4 Å². The molecule has 176 valence electrons. The number of amides is 1. The van der Waals surface area contributed by atoms with Crippen molar-refractivity contribution in [2.24, 2.45) is 5.92 Å². The Kier molecular flexibility index (Phi) is 6.19. The molecule has 1 amide bonds. The van der Waals surface area contributed by atoms with E-state index < -0.39 is 0 Å². The second-order valence-electron chi connectivity index (χ2n) is 10.2. The van der Waals surface area contributed by atoms with Crippen molar-refractivity contribution in [3.05, 3.63) is 65.7 Å². The first-order chi connectivity index (χ1) is 16.1. The van der Waals surface area contributed by atoms with Gasteiger partial charge in [-0.15, -0.1) is 0 Å². The molecule has 33 heavy (non-hydrogen) atoms. The number of fused-ring (bicyclic) bond motifs is 1. The van der Waals surface area contributed by atoms with Crippen molar-refractivity contribution in [1.82, 2.24) is 10.2 Å². The lowest BCUT2D eigenvalue weighted by Gasteiger charge is -2.60. The average Bonchev–Trinajstić information content (AvgIpc) is 3.68. The van der Waals surface area contributed by atoms with Gasteiger partial charge in [0.15, 0.2) is 0 Å². The Hall–Kier alpha value is -2.37. The molecule has 3 atom stereocenters. The van der Waals surface area contributed by atoms with E-state index in [1.54, 1.807) is 7.11 Å². The molecule has 1 saturated heterocycles. The fourth-order valence-electron chi connectivity index (χ4n) is 6.32. The summed E-state index contributed by atoms with van der Waals surface area (Å²) < 4.78 is 12.1. The van der Waals surface area contributed by atoms with Crippen LogP contribution >= 0.6 is 0 Å². The minimum Gasteiger partial charge on any atom is -0.497 e. The van der Waals surface area contributed by atoms with Crippen molar-refractivity contribution in [3.63, 3.8) is 0 Å². The molecule has 1 aliphatic heterocycles. The highest BCUT2D eigenvalue weighted by molar-refractivity contribution is 5.94. The summed E-state index contributed by atoms with van der Waals surface area (Å²) in [4.78, 5) is 15.6. The van der Waals surface area contributed by atoms with Crippen LogP contribution in [0.15, 0.2) is 54.6 Å². The van der Waals surface area contributed by atoms with Gasteiger partial charge in [-0.25, -0.2) is 0 Å². The lowest BCUT2D eigenvalue weighted by molar-refractivity contribution is -0.148. The normalized spacial score (nSPS) is 29.8. The fraction of sp³-hybridized carbons (Fsp3) is 0.536. The van der Waals surface area contributed by atoms with Crippen LogP contribution in [-0.2, 0) is 10.2 Å². The van der Waals surface area contributed by atoms with Gasteiger partial charge >= 0.3 is 0 Å². The van der Waals surface area contributed by atoms with E-state index >= 15 is 0 Å². The Morgan fingerprint density at radius 1 is 1.06 bits per heavy atom. The summed E-state index contributed by atoms with van der Waals surface area (Å²) in [7, 11) is 3.61. The van der Waals surface area contributed by atoms with E-state index in [0.29, 0.717) is 0 Å². The zero-order valence-electron chi connectivity index (χ0n) is 19.9. The molecule has 2 saturated carbocycles. The second-order valence-corrected chi connectivity index (χ2v) is 10.2. The number of likely N-dealkylation sites (tertiary alicyclic amines) is 1. The topological polar surface area (TPSA) is 50.8 Å². The zero-order chi connectivity index (χ0) is 22.9. The van der Waals surface area contributed by atoms with Crippen molar-refractivity contribution >= 4 is 5.91 Å². The van der Waals surface area contributed by atoms with Gasteiger partial charge in [-0.1, -0.05) is 30.3 Å². The van der Waals surface area contributed by atoms with Gasteiger partial charge in [-0.2, -0.15) is 0 Å². The van der Waals surface area contributed by atoms with Gasteiger partial charge < -0.3 is 19.7 Å². The molecule has 2 aliphatic carbocycles. The standard InChI is InChI=1S/C28H36N2O3/c1-32-25-10-6-9-23(17-25)27-15-16-30(19-21-11-12-21)20-28(27,33-2)14-13-24(18-27)29-26(31)22-7-4-3-5-8-22/h3-10,17,21,24H,11-16,18-20H2,1-2H3,(H,29,31)/t24-,27?,28?/m0/s1. The molecule has 0 aromatic heterocycles. The Morgan fingerprint density at radius 3 is 2.61 bits per heavy atom. The van der Waals surface area contributed by atoms with Gasteiger partial charge in [0.2, 0.25) is 0 Å². The monoisotopic (exact) mass is 448 g/mol. The van der Waals surface area contributed by atoms with Crippen LogP contribution < -0.4 is 10.1 Å². The lowest BCUT2D eigenvalue weighted by Crippen LogP contribution is -2.68. The molecule has 5 nitrogen and oxygen atoms in total. The number of carbonyl (C=O) groups excluding carboxylic acids is 1. The SMILES string of the molecule is COc1cccc(C23CCN(CC4CC4)CC2(OC)CC[C@H](NC(=O)c2ccccc2)C3)c1. The largest absolute Gasteiger partial charge is 0.497 e. The van der Waals surface area contributed by atoms with E-state index in [4.69, 9.17) is 9.47 Å². The van der Waals surface area contributed by atoms with Crippen LogP contribution in [0.5, 0.6) is 5.75 Å². The lowest BCUT2D eigenvalue weighted by atomic mass is 9.55. The summed E-state index contributed by atoms with van der Waals surface area (Å²) in [5.74, 6) is 1.75. The molecule has 0 radical (unpaired) electrons. The number of ether oxygens (including phenoxy) is 2. The summed E-state index contributed by atoms with van der Waals surface area (Å²) in [5, 5.41) is 3.35. The first kappa shape index (κ1) is 22.4. The second kappa shape index (κ2) is 9.11. The minimum absolute atomic E-state index is 0.0116. The first-order valence-corrected chi connectivity index (χ1v) is 12.4. The van der Waals surface area contributed by atoms with Crippen LogP contribution in [-0.4, -0.2) is 56.3 Å². The van der Waals surface area contributed by atoms with Crippen molar-refractivity contribution in [1.29, 1.82) is 0 Å². The molecule has 2 aromatic rings. The highest BCUT2D eigenvalue weighted by Crippen LogP contribution is 2.54. The maximum absolute atomic E-state index is 13.0. The zero-order valence-corrected chi connectivity index (χ0v) is 19.9. The van der Waals surface area contributed by atoms with Gasteiger partial charge in [-0.05, 0) is 80.8 Å². The van der Waals surface area contributed by atoms with E-state index in [9.17, 15) is 4.79 Å². The molecule has 0 spiro atoms. The number of nitrogens with zero attached hydrogens (tertiary/aromatic N) is 1. The van der Waals surface area contributed by atoms with E-state index in [1.807, 2.05) is 43.5 Å². The third-order valence-electron chi connectivity index (χ3n) is 8.30. The predicted molar refractivity (Wildman–Crippen MR) is 130 cm³/mol. The van der Waals surface area contributed by atoms with Gasteiger partial charge in [0, 0.05) is 37.2 Å². The van der Waals surface area contributed by atoms with Crippen LogP contribution in [0.2, 0.25) is 0 Å². The van der Waals surface area contributed by atoms with Crippen LogP contribution in [0.25, 0.3) is 0 Å². The summed E-state index contributed by atoms with van der Waals surface area (Å²) in [6.07, 6.45) is 6.50. The van der Waals surface area contributed by atoms with Crippen LogP contribution in [0.3, 0.4) is 0 Å². The summed E-state index contributed by atoms with van der Waals surface area (Å²) in [6.45, 7) is 3.21. The van der Waals surface area contributed by atoms with Gasteiger partial charge in [0.05, 0.1) is 12.7 Å². The van der Waals surface area contributed by atoms with E-state index in [-0.39, 0.29) is 23.0 Å². The van der Waals surface area contributed by atoms with Crippen molar-refractivity contribution in [2.45, 2.75) is 55.6 Å². The average molecular weight is 449 g/mol. The number of piperidine rings is 1. The maximum atomic E-state index is 13.0. The highest BCUT2D eigenvalue weighted by Gasteiger charge is 2.59. The quantitative estimate of drug-likeness (QED) is 0.681. The number of rotatable bonds is 7. The van der Waals surface area contributed by atoms with Crippen molar-refractivity contribution in [3.8, 4) is 5.75 Å². The summed E-state index contributed by atoms with van der Waals surface area (Å²) >= 11 is 0. The molecular weight excluding hydrogens is 412 g/mol. The molecule has 1 heterocycles. The van der Waals surface area contributed by atoms with E-state index in [0.717, 1.165) is 56.0 Å². The molecule has 1 N–H and O–H groups in total. The maximum Gasteiger partial charge on any atom is 0.251 e. The summed E-state index contributed by atoms with van der Waals surface area (Å²) in [5.41, 5.74) is 1.56. The smallest absolute Gasteiger partial charge is 0.251 e. The van der Waals surface area contributed by atoms with E-state index in [2.05, 4.69) is 28.4 Å². The van der Waals surface area contributed by atoms with Gasteiger partial charge in [0.1, 0.15) is 5.75 Å². The Bertz CT molecular complexity index is 976. The highest BCUT2D eigenvalue weighted by atomic mass is 16.5. The van der Waals surface area contributed by atoms with Crippen molar-refractivity contribution < 1.29 is 14.3 Å². The predicted octanol–water partition coefficient (Wildman–Crippen LogP) is 4.42. The Morgan fingerprint density at radius 2 is 1.88 bits per heavy atom. The van der Waals surface area contributed by atoms with Gasteiger partial charge in [0.25, 0.3) is 5.91 Å². The van der Waals surface area contributed by atoms with E-state index in [1.165, 1.54) is 24.9 Å². The first-order valence-electron chi connectivity index (χ1n) is 12.4. The molecule has 2 aromatic carbocycles. The number of carbonyl (C=O) groups is 1. The minimum atomic E-state index is -0.263. The molecule has 5 rings (SSSR count). The number of nitrogens with one attached hydrogen (secondary N) is 1. The molecule has 3 fully saturated rings. The number of benzene rings is 2. The third-order valence-corrected chi connectivity index (χ3v) is 8.30. The Labute approximate surface area is 197 Å². The van der Waals surface area contributed by atoms with Gasteiger partial charge in [-0.3, -0.25) is 4.79 Å². The number of hydrogen-bond donors (Lipinski definition) is 1. The number of hydrogen-bond acceptors (Lipinski definition) is 4. The molecule has 0 bridgehead atoms.